The molecular weight excluding hydrogens is 418 g/mol. The van der Waals surface area contributed by atoms with Crippen molar-refractivity contribution in [2.75, 3.05) is 17.7 Å². The topological polar surface area (TPSA) is 69.0 Å². The molecule has 1 unspecified atom stereocenters. The van der Waals surface area contributed by atoms with Gasteiger partial charge in [-0.05, 0) is 36.4 Å². The second-order valence-corrected chi connectivity index (χ2v) is 8.38. The molecule has 0 spiro atoms. The normalized spacial score (nSPS) is 16.3. The Hall–Kier alpha value is -2.30. The number of thioether (sulfide) groups is 1. The largest absolute Gasteiger partial charge is 0.376 e. The summed E-state index contributed by atoms with van der Waals surface area (Å²) in [6.45, 7) is 1.34. The Morgan fingerprint density at radius 3 is 3.00 bits per heavy atom. The molecule has 0 radical (unpaired) electrons. The molecule has 1 N–H and O–H groups in total. The molecule has 1 amide bonds. The van der Waals surface area contributed by atoms with Gasteiger partial charge in [-0.25, -0.2) is 8.78 Å². The van der Waals surface area contributed by atoms with E-state index in [1.54, 1.807) is 11.3 Å². The van der Waals surface area contributed by atoms with Crippen LogP contribution in [-0.4, -0.2) is 39.1 Å². The molecular formula is C19H18F2N4O2S2. The third-order valence-electron chi connectivity index (χ3n) is 4.40. The number of nitrogens with one attached hydrogen (secondary N) is 1. The highest BCUT2D eigenvalue weighted by Crippen LogP contribution is 2.29. The predicted molar refractivity (Wildman–Crippen MR) is 108 cm³/mol. The van der Waals surface area contributed by atoms with E-state index in [1.165, 1.54) is 11.8 Å². The summed E-state index contributed by atoms with van der Waals surface area (Å²) in [4.78, 5) is 13.2. The van der Waals surface area contributed by atoms with Gasteiger partial charge >= 0.3 is 0 Å². The number of thiophene rings is 1. The molecule has 1 saturated heterocycles. The quantitative estimate of drug-likeness (QED) is 0.563. The monoisotopic (exact) mass is 436 g/mol. The number of halogens is 2. The molecule has 152 valence electrons. The Morgan fingerprint density at radius 1 is 1.34 bits per heavy atom. The van der Waals surface area contributed by atoms with Crippen molar-refractivity contribution in [1.29, 1.82) is 0 Å². The molecule has 3 heterocycles. The number of benzene rings is 1. The van der Waals surface area contributed by atoms with Crippen LogP contribution in [0, 0.1) is 11.6 Å². The Kier molecular flexibility index (Phi) is 6.22. The van der Waals surface area contributed by atoms with E-state index in [1.807, 2.05) is 22.1 Å². The number of carbonyl (C=O) groups excluding carboxylic acids is 1. The average molecular weight is 437 g/mol. The van der Waals surface area contributed by atoms with E-state index in [0.717, 1.165) is 48.3 Å². The first-order valence-corrected chi connectivity index (χ1v) is 10.9. The number of amides is 1. The molecule has 2 aromatic heterocycles. The summed E-state index contributed by atoms with van der Waals surface area (Å²) in [5, 5.41) is 13.5. The second kappa shape index (κ2) is 9.02. The van der Waals surface area contributed by atoms with Gasteiger partial charge in [-0.15, -0.1) is 21.5 Å². The first kappa shape index (κ1) is 20.0. The standard InChI is InChI=1S/C19H18F2N4O2S2/c20-12-5-6-14(21)15(9-12)22-17(26)11-29-19-24-23-18(16-4-2-8-28-16)25(19)10-13-3-1-7-27-13/h2,4-6,8-9,13H,1,3,7,10-11H2,(H,22,26). The average Bonchev–Trinajstić information content (AvgIpc) is 3.45. The first-order valence-electron chi connectivity index (χ1n) is 9.06. The van der Waals surface area contributed by atoms with Gasteiger partial charge in [-0.1, -0.05) is 17.8 Å². The van der Waals surface area contributed by atoms with E-state index < -0.39 is 17.5 Å². The fraction of sp³-hybridized carbons (Fsp3) is 0.316. The highest BCUT2D eigenvalue weighted by Gasteiger charge is 2.22. The molecule has 1 aliphatic rings. The Labute approximate surface area is 174 Å². The number of ether oxygens (including phenoxy) is 1. The summed E-state index contributed by atoms with van der Waals surface area (Å²) in [5.41, 5.74) is -0.185. The molecule has 1 atom stereocenters. The van der Waals surface area contributed by atoms with E-state index in [0.29, 0.717) is 11.7 Å². The lowest BCUT2D eigenvalue weighted by molar-refractivity contribution is -0.113. The minimum absolute atomic E-state index is 0.00987. The maximum atomic E-state index is 13.7. The van der Waals surface area contributed by atoms with Crippen LogP contribution in [0.5, 0.6) is 0 Å². The number of hydrogen-bond acceptors (Lipinski definition) is 6. The molecule has 4 rings (SSSR count). The van der Waals surface area contributed by atoms with Gasteiger partial charge in [0.15, 0.2) is 11.0 Å². The Bertz CT molecular complexity index is 988. The fourth-order valence-corrected chi connectivity index (χ4v) is 4.51. The van der Waals surface area contributed by atoms with Crippen LogP contribution < -0.4 is 5.32 Å². The van der Waals surface area contributed by atoms with Crippen LogP contribution in [-0.2, 0) is 16.1 Å². The maximum Gasteiger partial charge on any atom is 0.234 e. The molecule has 0 bridgehead atoms. The zero-order valence-electron chi connectivity index (χ0n) is 15.3. The van der Waals surface area contributed by atoms with Crippen LogP contribution in [0.1, 0.15) is 12.8 Å². The summed E-state index contributed by atoms with van der Waals surface area (Å²) in [6, 6.07) is 6.84. The molecule has 0 saturated carbocycles. The van der Waals surface area contributed by atoms with Crippen LogP contribution in [0.4, 0.5) is 14.5 Å². The predicted octanol–water partition coefficient (Wildman–Crippen LogP) is 4.19. The lowest BCUT2D eigenvalue weighted by Gasteiger charge is -2.14. The lowest BCUT2D eigenvalue weighted by Crippen LogP contribution is -2.18. The van der Waals surface area contributed by atoms with Crippen molar-refractivity contribution in [1.82, 2.24) is 14.8 Å². The van der Waals surface area contributed by atoms with Crippen LogP contribution >= 0.6 is 23.1 Å². The first-order chi connectivity index (χ1) is 14.1. The van der Waals surface area contributed by atoms with E-state index in [4.69, 9.17) is 4.74 Å². The molecule has 29 heavy (non-hydrogen) atoms. The van der Waals surface area contributed by atoms with Crippen molar-refractivity contribution in [2.24, 2.45) is 0 Å². The van der Waals surface area contributed by atoms with Crippen molar-refractivity contribution in [3.05, 3.63) is 47.3 Å². The second-order valence-electron chi connectivity index (χ2n) is 6.49. The smallest absolute Gasteiger partial charge is 0.234 e. The van der Waals surface area contributed by atoms with E-state index in [-0.39, 0.29) is 17.5 Å². The fourth-order valence-electron chi connectivity index (χ4n) is 3.05. The summed E-state index contributed by atoms with van der Waals surface area (Å²) in [7, 11) is 0. The van der Waals surface area contributed by atoms with Gasteiger partial charge in [0.1, 0.15) is 11.6 Å². The number of rotatable bonds is 7. The number of anilines is 1. The summed E-state index contributed by atoms with van der Waals surface area (Å²) < 4.78 is 34.7. The van der Waals surface area contributed by atoms with Crippen LogP contribution in [0.25, 0.3) is 10.7 Å². The number of aromatic nitrogens is 3. The lowest BCUT2D eigenvalue weighted by atomic mass is 10.2. The zero-order valence-corrected chi connectivity index (χ0v) is 16.9. The van der Waals surface area contributed by atoms with E-state index >= 15 is 0 Å². The van der Waals surface area contributed by atoms with Crippen molar-refractivity contribution in [3.63, 3.8) is 0 Å². The molecule has 3 aromatic rings. The molecule has 1 aliphatic heterocycles. The van der Waals surface area contributed by atoms with Gasteiger partial charge in [0, 0.05) is 12.7 Å². The highest BCUT2D eigenvalue weighted by molar-refractivity contribution is 7.99. The van der Waals surface area contributed by atoms with Gasteiger partial charge in [-0.2, -0.15) is 0 Å². The van der Waals surface area contributed by atoms with Gasteiger partial charge in [0.05, 0.1) is 29.0 Å². The van der Waals surface area contributed by atoms with Gasteiger partial charge in [0.2, 0.25) is 5.91 Å². The molecule has 1 aromatic carbocycles. The minimum Gasteiger partial charge on any atom is -0.376 e. The number of hydrogen-bond donors (Lipinski definition) is 1. The summed E-state index contributed by atoms with van der Waals surface area (Å²) in [6.07, 6.45) is 2.07. The van der Waals surface area contributed by atoms with Gasteiger partial charge in [0.25, 0.3) is 0 Å². The third kappa shape index (κ3) is 4.82. The SMILES string of the molecule is O=C(CSc1nnc(-c2cccs2)n1CC1CCCO1)Nc1cc(F)ccc1F. The van der Waals surface area contributed by atoms with E-state index in [2.05, 4.69) is 15.5 Å². The molecule has 1 fully saturated rings. The Balaban J connectivity index is 1.47. The van der Waals surface area contributed by atoms with Crippen LogP contribution in [0.2, 0.25) is 0 Å². The molecule has 6 nitrogen and oxygen atoms in total. The number of carbonyl (C=O) groups is 1. The van der Waals surface area contributed by atoms with Crippen LogP contribution in [0.15, 0.2) is 40.9 Å². The zero-order chi connectivity index (χ0) is 20.2. The third-order valence-corrected chi connectivity index (χ3v) is 6.24. The van der Waals surface area contributed by atoms with Crippen molar-refractivity contribution in [3.8, 4) is 10.7 Å². The van der Waals surface area contributed by atoms with Crippen molar-refractivity contribution < 1.29 is 18.3 Å². The molecule has 0 aliphatic carbocycles. The van der Waals surface area contributed by atoms with Crippen molar-refractivity contribution in [2.45, 2.75) is 30.6 Å². The summed E-state index contributed by atoms with van der Waals surface area (Å²) >= 11 is 2.76. The number of nitrogens with zero attached hydrogens (tertiary/aromatic N) is 3. The highest BCUT2D eigenvalue weighted by atomic mass is 32.2. The van der Waals surface area contributed by atoms with Crippen LogP contribution in [0.3, 0.4) is 0 Å². The maximum absolute atomic E-state index is 13.7. The minimum atomic E-state index is -0.689. The van der Waals surface area contributed by atoms with Gasteiger partial charge < -0.3 is 10.1 Å². The van der Waals surface area contributed by atoms with Crippen molar-refractivity contribution >= 4 is 34.7 Å². The summed E-state index contributed by atoms with van der Waals surface area (Å²) in [5.74, 6) is -1.04. The Morgan fingerprint density at radius 2 is 2.24 bits per heavy atom. The molecule has 10 heteroatoms. The van der Waals surface area contributed by atoms with Gasteiger partial charge in [-0.3, -0.25) is 9.36 Å². The van der Waals surface area contributed by atoms with E-state index in [9.17, 15) is 13.6 Å².